The molecule has 0 bridgehead atoms. The van der Waals surface area contributed by atoms with Crippen LogP contribution in [-0.4, -0.2) is 46.3 Å². The van der Waals surface area contributed by atoms with Crippen molar-refractivity contribution in [2.24, 2.45) is 0 Å². The summed E-state index contributed by atoms with van der Waals surface area (Å²) in [7, 11) is 0. The SMILES string of the molecule is OC(CBr)CCOc1cccc(OCCC(O)CBr)c1. The molecule has 1 rings (SSSR count). The summed E-state index contributed by atoms with van der Waals surface area (Å²) in [5.74, 6) is 1.43. The molecule has 0 amide bonds. The van der Waals surface area contributed by atoms with Gasteiger partial charge in [0.15, 0.2) is 0 Å². The van der Waals surface area contributed by atoms with Crippen LogP contribution < -0.4 is 9.47 Å². The van der Waals surface area contributed by atoms with Crippen molar-refractivity contribution in [1.29, 1.82) is 0 Å². The van der Waals surface area contributed by atoms with Gasteiger partial charge >= 0.3 is 0 Å². The number of ether oxygens (including phenoxy) is 2. The van der Waals surface area contributed by atoms with Crippen molar-refractivity contribution >= 4 is 31.9 Å². The van der Waals surface area contributed by atoms with E-state index in [1.807, 2.05) is 18.2 Å². The zero-order valence-corrected chi connectivity index (χ0v) is 14.3. The first-order valence-electron chi connectivity index (χ1n) is 6.49. The van der Waals surface area contributed by atoms with Gasteiger partial charge in [0.2, 0.25) is 0 Å². The molecule has 0 heterocycles. The fourth-order valence-electron chi connectivity index (χ4n) is 1.43. The smallest absolute Gasteiger partial charge is 0.122 e. The summed E-state index contributed by atoms with van der Waals surface area (Å²) >= 11 is 6.42. The monoisotopic (exact) mass is 410 g/mol. The molecule has 4 nitrogen and oxygen atoms in total. The third-order valence-corrected chi connectivity index (χ3v) is 4.10. The quantitative estimate of drug-likeness (QED) is 0.581. The van der Waals surface area contributed by atoms with Gasteiger partial charge < -0.3 is 19.7 Å². The van der Waals surface area contributed by atoms with Crippen LogP contribution in [0.2, 0.25) is 0 Å². The zero-order valence-electron chi connectivity index (χ0n) is 11.2. The predicted octanol–water partition coefficient (Wildman–Crippen LogP) is 2.74. The summed E-state index contributed by atoms with van der Waals surface area (Å²) in [6.45, 7) is 0.914. The third kappa shape index (κ3) is 7.47. The van der Waals surface area contributed by atoms with Crippen LogP contribution in [0.15, 0.2) is 24.3 Å². The van der Waals surface area contributed by atoms with E-state index in [1.54, 1.807) is 6.07 Å². The Bertz CT molecular complexity index is 345. The molecule has 0 saturated heterocycles. The summed E-state index contributed by atoms with van der Waals surface area (Å²) in [6, 6.07) is 7.36. The van der Waals surface area contributed by atoms with Gasteiger partial charge in [-0.25, -0.2) is 0 Å². The molecule has 2 unspecified atom stereocenters. The minimum Gasteiger partial charge on any atom is -0.493 e. The van der Waals surface area contributed by atoms with Gasteiger partial charge in [-0.3, -0.25) is 0 Å². The van der Waals surface area contributed by atoms with Gasteiger partial charge in [-0.1, -0.05) is 37.9 Å². The molecule has 0 aliphatic carbocycles. The highest BCUT2D eigenvalue weighted by Crippen LogP contribution is 2.20. The standard InChI is InChI=1S/C14H20Br2O4/c15-9-11(17)4-6-19-13-2-1-3-14(8-13)20-7-5-12(18)10-16/h1-3,8,11-12,17-18H,4-7,9-10H2. The molecule has 0 spiro atoms. The average molecular weight is 412 g/mol. The molecule has 20 heavy (non-hydrogen) atoms. The molecule has 0 aliphatic rings. The van der Waals surface area contributed by atoms with Crippen molar-refractivity contribution in [1.82, 2.24) is 0 Å². The minimum absolute atomic E-state index is 0.389. The van der Waals surface area contributed by atoms with Crippen molar-refractivity contribution in [2.45, 2.75) is 25.0 Å². The lowest BCUT2D eigenvalue weighted by atomic mass is 10.3. The van der Waals surface area contributed by atoms with Crippen molar-refractivity contribution in [2.75, 3.05) is 23.9 Å². The Morgan fingerprint density at radius 3 is 1.75 bits per heavy atom. The fraction of sp³-hybridized carbons (Fsp3) is 0.571. The second-order valence-electron chi connectivity index (χ2n) is 4.37. The van der Waals surface area contributed by atoms with Gasteiger partial charge in [-0.15, -0.1) is 0 Å². The van der Waals surface area contributed by atoms with Gasteiger partial charge in [0.25, 0.3) is 0 Å². The average Bonchev–Trinajstić information content (AvgIpc) is 2.47. The fourth-order valence-corrected chi connectivity index (χ4v) is 2.08. The molecular weight excluding hydrogens is 392 g/mol. The Hall–Kier alpha value is -0.300. The maximum atomic E-state index is 9.40. The summed E-state index contributed by atoms with van der Waals surface area (Å²) in [6.07, 6.45) is 0.377. The molecule has 114 valence electrons. The lowest BCUT2D eigenvalue weighted by molar-refractivity contribution is 0.158. The van der Waals surface area contributed by atoms with E-state index in [9.17, 15) is 10.2 Å². The highest BCUT2D eigenvalue weighted by atomic mass is 79.9. The summed E-state index contributed by atoms with van der Waals surface area (Å²) in [4.78, 5) is 0. The first-order chi connectivity index (χ1) is 9.65. The summed E-state index contributed by atoms with van der Waals surface area (Å²) in [5.41, 5.74) is 0. The van der Waals surface area contributed by atoms with E-state index in [2.05, 4.69) is 31.9 Å². The maximum Gasteiger partial charge on any atom is 0.122 e. The van der Waals surface area contributed by atoms with Crippen molar-refractivity contribution in [3.63, 3.8) is 0 Å². The molecule has 2 atom stereocenters. The largest absolute Gasteiger partial charge is 0.493 e. The highest BCUT2D eigenvalue weighted by molar-refractivity contribution is 9.09. The van der Waals surface area contributed by atoms with Crippen LogP contribution in [0.3, 0.4) is 0 Å². The molecule has 1 aromatic rings. The van der Waals surface area contributed by atoms with Crippen LogP contribution in [0.25, 0.3) is 0 Å². The van der Waals surface area contributed by atoms with Crippen molar-refractivity contribution < 1.29 is 19.7 Å². The van der Waals surface area contributed by atoms with Gasteiger partial charge in [0.05, 0.1) is 25.4 Å². The molecule has 6 heteroatoms. The van der Waals surface area contributed by atoms with Gasteiger partial charge in [-0.05, 0) is 12.1 Å². The van der Waals surface area contributed by atoms with Crippen LogP contribution in [0.4, 0.5) is 0 Å². The normalized spacial score (nSPS) is 13.8. The van der Waals surface area contributed by atoms with Crippen LogP contribution in [0.1, 0.15) is 12.8 Å². The lowest BCUT2D eigenvalue weighted by Gasteiger charge is -2.12. The van der Waals surface area contributed by atoms with E-state index in [4.69, 9.17) is 9.47 Å². The molecule has 0 aromatic heterocycles. The van der Waals surface area contributed by atoms with Crippen molar-refractivity contribution in [3.05, 3.63) is 24.3 Å². The third-order valence-electron chi connectivity index (χ3n) is 2.60. The Balaban J connectivity index is 2.33. The highest BCUT2D eigenvalue weighted by Gasteiger charge is 2.04. The summed E-state index contributed by atoms with van der Waals surface area (Å²) in [5, 5.41) is 19.9. The number of aliphatic hydroxyl groups excluding tert-OH is 2. The van der Waals surface area contributed by atoms with Gasteiger partial charge in [0.1, 0.15) is 11.5 Å². The first-order valence-corrected chi connectivity index (χ1v) is 8.73. The molecule has 0 aliphatic heterocycles. The lowest BCUT2D eigenvalue weighted by Crippen LogP contribution is -2.13. The van der Waals surface area contributed by atoms with E-state index < -0.39 is 0 Å². The molecule has 1 aromatic carbocycles. The second-order valence-corrected chi connectivity index (χ2v) is 5.66. The molecule has 2 N–H and O–H groups in total. The second kappa shape index (κ2) is 10.4. The van der Waals surface area contributed by atoms with Gasteiger partial charge in [0, 0.05) is 29.6 Å². The number of hydrogen-bond acceptors (Lipinski definition) is 4. The minimum atomic E-state index is -0.389. The van der Waals surface area contributed by atoms with Gasteiger partial charge in [-0.2, -0.15) is 0 Å². The van der Waals surface area contributed by atoms with E-state index in [0.717, 1.165) is 0 Å². The topological polar surface area (TPSA) is 58.9 Å². The zero-order chi connectivity index (χ0) is 14.8. The number of hydrogen-bond donors (Lipinski definition) is 2. The van der Waals surface area contributed by atoms with E-state index in [-0.39, 0.29) is 12.2 Å². The number of aliphatic hydroxyl groups is 2. The van der Waals surface area contributed by atoms with E-state index >= 15 is 0 Å². The van der Waals surface area contributed by atoms with Crippen LogP contribution in [0.5, 0.6) is 11.5 Å². The predicted molar refractivity (Wildman–Crippen MR) is 86.3 cm³/mol. The maximum absolute atomic E-state index is 9.40. The summed E-state index contributed by atoms with van der Waals surface area (Å²) < 4.78 is 11.1. The Morgan fingerprint density at radius 1 is 0.900 bits per heavy atom. The number of rotatable bonds is 10. The Kier molecular flexibility index (Phi) is 9.26. The number of benzene rings is 1. The van der Waals surface area contributed by atoms with Crippen LogP contribution >= 0.6 is 31.9 Å². The van der Waals surface area contributed by atoms with Crippen molar-refractivity contribution in [3.8, 4) is 11.5 Å². The molecular formula is C14H20Br2O4. The molecule has 0 saturated carbocycles. The van der Waals surface area contributed by atoms with E-state index in [0.29, 0.717) is 48.2 Å². The Labute approximate surface area is 136 Å². The van der Waals surface area contributed by atoms with Crippen LogP contribution in [-0.2, 0) is 0 Å². The number of halogens is 2. The molecule has 0 radical (unpaired) electrons. The van der Waals surface area contributed by atoms with E-state index in [1.165, 1.54) is 0 Å². The number of alkyl halides is 2. The first kappa shape index (κ1) is 17.8. The Morgan fingerprint density at radius 2 is 1.35 bits per heavy atom. The van der Waals surface area contributed by atoms with Crippen LogP contribution in [0, 0.1) is 0 Å². The molecule has 0 fully saturated rings.